The van der Waals surface area contributed by atoms with Crippen LogP contribution in [0.4, 0.5) is 0 Å². The van der Waals surface area contributed by atoms with Gasteiger partial charge in [0, 0.05) is 12.6 Å². The maximum absolute atomic E-state index is 13.5. The van der Waals surface area contributed by atoms with Crippen molar-refractivity contribution in [1.29, 1.82) is 0 Å². The number of hydrogen-bond donors (Lipinski definition) is 2. The minimum Gasteiger partial charge on any atom is -0.438 e. The van der Waals surface area contributed by atoms with E-state index < -0.39 is 36.5 Å². The summed E-state index contributed by atoms with van der Waals surface area (Å²) in [6.07, 6.45) is 2.24. The predicted octanol–water partition coefficient (Wildman–Crippen LogP) is 7.93. The minimum atomic E-state index is -4.15. The number of nitrogens with zero attached hydrogens (tertiary/aromatic N) is 1. The molecule has 1 saturated carbocycles. The highest BCUT2D eigenvalue weighted by molar-refractivity contribution is 7.89. The lowest BCUT2D eigenvalue weighted by Crippen LogP contribution is -2.27. The Balaban J connectivity index is 1.02. The zero-order valence-electron chi connectivity index (χ0n) is 31.6. The lowest BCUT2D eigenvalue weighted by atomic mass is 10.0. The molecule has 0 bridgehead atoms. The Labute approximate surface area is 326 Å². The Bertz CT molecular complexity index is 2230. The summed E-state index contributed by atoms with van der Waals surface area (Å²) in [6, 6.07) is 27.7. The molecular formula is C41H46N3O10PS. The number of benzene rings is 3. The van der Waals surface area contributed by atoms with Crippen molar-refractivity contribution in [2.75, 3.05) is 19.6 Å². The third kappa shape index (κ3) is 11.0. The van der Waals surface area contributed by atoms with Crippen LogP contribution in [0, 0.1) is 12.8 Å². The fourth-order valence-corrected chi connectivity index (χ4v) is 8.10. The highest BCUT2D eigenvalue weighted by Crippen LogP contribution is 2.51. The second-order valence-electron chi connectivity index (χ2n) is 13.8. The number of ether oxygens (including phenoxy) is 1. The summed E-state index contributed by atoms with van der Waals surface area (Å²) in [5.41, 5.74) is 5.33. The zero-order valence-corrected chi connectivity index (χ0v) is 33.3. The highest BCUT2D eigenvalue weighted by atomic mass is 32.2. The highest BCUT2D eigenvalue weighted by Gasteiger charge is 2.31. The summed E-state index contributed by atoms with van der Waals surface area (Å²) in [6.45, 7) is 2.74. The molecule has 2 heterocycles. The van der Waals surface area contributed by atoms with Crippen LogP contribution in [-0.2, 0) is 57.4 Å². The van der Waals surface area contributed by atoms with Gasteiger partial charge in [0.15, 0.2) is 0 Å². The van der Waals surface area contributed by atoms with E-state index in [0.29, 0.717) is 22.4 Å². The molecule has 2 aromatic heterocycles. The topological polar surface area (TPSA) is 172 Å². The summed E-state index contributed by atoms with van der Waals surface area (Å²) >= 11 is 0. The van der Waals surface area contributed by atoms with Crippen LogP contribution in [0.2, 0.25) is 0 Å². The number of fused-ring (bicyclic) bond motifs is 1. The van der Waals surface area contributed by atoms with E-state index in [2.05, 4.69) is 10.0 Å². The van der Waals surface area contributed by atoms with Gasteiger partial charge < -0.3 is 14.5 Å². The molecule has 296 valence electrons. The van der Waals surface area contributed by atoms with Gasteiger partial charge in [-0.05, 0) is 61.3 Å². The second kappa shape index (κ2) is 18.5. The number of aromatic nitrogens is 1. The van der Waals surface area contributed by atoms with Gasteiger partial charge in [-0.15, -0.1) is 0 Å². The van der Waals surface area contributed by atoms with Crippen molar-refractivity contribution in [2.45, 2.75) is 65.2 Å². The van der Waals surface area contributed by atoms with E-state index in [0.717, 1.165) is 40.7 Å². The van der Waals surface area contributed by atoms with E-state index in [1.54, 1.807) is 38.2 Å². The molecule has 5 aromatic rings. The number of esters is 1. The number of furan rings is 1. The van der Waals surface area contributed by atoms with Crippen molar-refractivity contribution in [3.8, 4) is 11.3 Å². The molecule has 13 nitrogen and oxygen atoms in total. The van der Waals surface area contributed by atoms with Gasteiger partial charge in [0.1, 0.15) is 5.76 Å². The average Bonchev–Trinajstić information content (AvgIpc) is 3.99. The maximum Gasteiger partial charge on any atom is 0.478 e. The molecule has 0 saturated heterocycles. The number of amides is 1. The first-order chi connectivity index (χ1) is 26.9. The summed E-state index contributed by atoms with van der Waals surface area (Å²) in [5.74, 6) is -1.27. The van der Waals surface area contributed by atoms with E-state index in [4.69, 9.17) is 27.7 Å². The third-order valence-corrected chi connectivity index (χ3v) is 12.1. The van der Waals surface area contributed by atoms with Crippen LogP contribution in [0.15, 0.2) is 95.4 Å². The van der Waals surface area contributed by atoms with Gasteiger partial charge in [-0.1, -0.05) is 97.4 Å². The number of phosphoric acid groups is 1. The summed E-state index contributed by atoms with van der Waals surface area (Å²) in [5, 5.41) is 3.27. The van der Waals surface area contributed by atoms with Gasteiger partial charge in [-0.3, -0.25) is 18.6 Å². The third-order valence-electron chi connectivity index (χ3n) is 9.37. The molecule has 0 aliphatic heterocycles. The Morgan fingerprint density at radius 1 is 0.929 bits per heavy atom. The van der Waals surface area contributed by atoms with Crippen molar-refractivity contribution >= 4 is 40.8 Å². The molecule has 0 radical (unpaired) electrons. The predicted molar refractivity (Wildman–Crippen MR) is 211 cm³/mol. The SMILES string of the molecule is CNC(=O)c1c(-c2ccc(C)cc2)oc2nc(CNS(=O)(=O)CCC[C@H](C)C(=O)OCOP(=O)(OCc3ccccc3)OCc3ccccc3)c(C3CC3)cc12. The van der Waals surface area contributed by atoms with E-state index >= 15 is 0 Å². The first-order valence-corrected chi connectivity index (χ1v) is 21.6. The van der Waals surface area contributed by atoms with Crippen LogP contribution in [0.3, 0.4) is 0 Å². The van der Waals surface area contributed by atoms with E-state index in [1.807, 2.05) is 73.7 Å². The molecule has 1 atom stereocenters. The van der Waals surface area contributed by atoms with Gasteiger partial charge in [0.05, 0.1) is 48.1 Å². The molecule has 1 aliphatic carbocycles. The molecular weight excluding hydrogens is 758 g/mol. The number of rotatable bonds is 20. The van der Waals surface area contributed by atoms with Gasteiger partial charge >= 0.3 is 13.8 Å². The normalized spacial score (nSPS) is 13.8. The van der Waals surface area contributed by atoms with E-state index in [1.165, 1.54) is 0 Å². The van der Waals surface area contributed by atoms with Crippen LogP contribution in [0.25, 0.3) is 22.4 Å². The number of carbonyl (C=O) groups is 2. The molecule has 1 fully saturated rings. The number of hydrogen-bond acceptors (Lipinski definition) is 11. The molecule has 3 aromatic carbocycles. The first kappa shape index (κ1) is 41.0. The average molecular weight is 804 g/mol. The fraction of sp³-hybridized carbons (Fsp3) is 0.341. The Morgan fingerprint density at radius 2 is 1.55 bits per heavy atom. The molecule has 15 heteroatoms. The quantitative estimate of drug-likeness (QED) is 0.0445. The molecule has 0 spiro atoms. The largest absolute Gasteiger partial charge is 0.478 e. The number of phosphoric ester groups is 1. The number of carbonyl (C=O) groups excluding carboxylic acids is 2. The number of sulfonamides is 1. The molecule has 1 aliphatic rings. The van der Waals surface area contributed by atoms with Crippen LogP contribution >= 0.6 is 7.82 Å². The van der Waals surface area contributed by atoms with Crippen molar-refractivity contribution in [2.24, 2.45) is 5.92 Å². The lowest BCUT2D eigenvalue weighted by Gasteiger charge is -2.19. The summed E-state index contributed by atoms with van der Waals surface area (Å²) < 4.78 is 70.2. The van der Waals surface area contributed by atoms with Crippen LogP contribution in [0.5, 0.6) is 0 Å². The Hall–Kier alpha value is -4.69. The lowest BCUT2D eigenvalue weighted by molar-refractivity contribution is -0.156. The molecule has 6 rings (SSSR count). The monoisotopic (exact) mass is 803 g/mol. The van der Waals surface area contributed by atoms with Crippen LogP contribution in [0.1, 0.15) is 76.8 Å². The van der Waals surface area contributed by atoms with Crippen molar-refractivity contribution in [1.82, 2.24) is 15.0 Å². The van der Waals surface area contributed by atoms with Crippen LogP contribution in [-0.4, -0.2) is 44.9 Å². The number of aryl methyl sites for hydroxylation is 1. The first-order valence-electron chi connectivity index (χ1n) is 18.4. The van der Waals surface area contributed by atoms with Crippen molar-refractivity contribution in [3.63, 3.8) is 0 Å². The molecule has 1 amide bonds. The van der Waals surface area contributed by atoms with Crippen LogP contribution < -0.4 is 10.0 Å². The Morgan fingerprint density at radius 3 is 2.14 bits per heavy atom. The maximum atomic E-state index is 13.5. The van der Waals surface area contributed by atoms with Crippen molar-refractivity contribution < 1.29 is 45.3 Å². The van der Waals surface area contributed by atoms with Gasteiger partial charge in [0.25, 0.3) is 5.91 Å². The van der Waals surface area contributed by atoms with Crippen molar-refractivity contribution in [3.05, 3.63) is 125 Å². The standard InChI is InChI=1S/C41H46N3O10PS/c1-28-16-18-33(19-17-28)38-37(39(45)42-3)35-23-34(32-20-21-32)36(44-40(35)54-38)24-43-56(48,49)22-10-11-29(2)41(46)50-27-53-55(47,51-25-30-12-6-4-7-13-30)52-26-31-14-8-5-9-15-31/h4-9,12-19,23,29,32,43H,10-11,20-22,24-27H2,1-3H3,(H,42,45)/t29-/m0/s1. The van der Waals surface area contributed by atoms with Gasteiger partial charge in [0.2, 0.25) is 22.5 Å². The number of pyridine rings is 1. The van der Waals surface area contributed by atoms with E-state index in [-0.39, 0.29) is 55.9 Å². The summed E-state index contributed by atoms with van der Waals surface area (Å²) in [7, 11) is -6.36. The molecule has 56 heavy (non-hydrogen) atoms. The second-order valence-corrected chi connectivity index (χ2v) is 17.4. The number of nitrogens with one attached hydrogen (secondary N) is 2. The Kier molecular flexibility index (Phi) is 13.5. The smallest absolute Gasteiger partial charge is 0.438 e. The van der Waals surface area contributed by atoms with Gasteiger partial charge in [-0.2, -0.15) is 0 Å². The fourth-order valence-electron chi connectivity index (χ4n) is 6.03. The minimum absolute atomic E-state index is 0.0528. The summed E-state index contributed by atoms with van der Waals surface area (Å²) in [4.78, 5) is 30.6. The molecule has 2 N–H and O–H groups in total. The zero-order chi connectivity index (χ0) is 39.7. The molecule has 0 unspecified atom stereocenters. The van der Waals surface area contributed by atoms with E-state index in [9.17, 15) is 22.6 Å². The van der Waals surface area contributed by atoms with Gasteiger partial charge in [-0.25, -0.2) is 27.2 Å².